The number of benzene rings is 1. The first-order valence-corrected chi connectivity index (χ1v) is 10.7. The molecule has 0 radical (unpaired) electrons. The number of ether oxygens (including phenoxy) is 2. The summed E-state index contributed by atoms with van der Waals surface area (Å²) in [6.45, 7) is 3.39. The van der Waals surface area contributed by atoms with E-state index in [2.05, 4.69) is 15.2 Å². The molecule has 9 heteroatoms. The van der Waals surface area contributed by atoms with Crippen LogP contribution >= 0.6 is 11.3 Å². The highest BCUT2D eigenvalue weighted by molar-refractivity contribution is 7.14. The zero-order valence-corrected chi connectivity index (χ0v) is 16.9. The van der Waals surface area contributed by atoms with Gasteiger partial charge < -0.3 is 19.7 Å². The Kier molecular flexibility index (Phi) is 5.96. The van der Waals surface area contributed by atoms with Gasteiger partial charge in [-0.25, -0.2) is 9.37 Å². The second-order valence-corrected chi connectivity index (χ2v) is 8.06. The van der Waals surface area contributed by atoms with E-state index in [1.807, 2.05) is 6.92 Å². The SMILES string of the molecule is CCCNC(=O)COc1c(-c2csc(N3C4CCC3COC4)n2)ccc(F)c1F. The molecule has 0 aliphatic carbocycles. The van der Waals surface area contributed by atoms with E-state index in [-0.39, 0.29) is 11.7 Å². The number of halogens is 2. The minimum atomic E-state index is -1.12. The molecular formula is C20H23F2N3O3S. The highest BCUT2D eigenvalue weighted by Gasteiger charge is 2.39. The molecule has 0 saturated carbocycles. The van der Waals surface area contributed by atoms with Crippen LogP contribution in [0.15, 0.2) is 17.5 Å². The van der Waals surface area contributed by atoms with Crippen molar-refractivity contribution < 1.29 is 23.0 Å². The summed E-state index contributed by atoms with van der Waals surface area (Å²) in [6, 6.07) is 3.09. The van der Waals surface area contributed by atoms with Crippen molar-refractivity contribution in [1.82, 2.24) is 10.3 Å². The Morgan fingerprint density at radius 2 is 2.10 bits per heavy atom. The number of morpholine rings is 1. The number of hydrogen-bond donors (Lipinski definition) is 1. The molecule has 6 nitrogen and oxygen atoms in total. The summed E-state index contributed by atoms with van der Waals surface area (Å²) in [6.07, 6.45) is 2.90. The zero-order valence-electron chi connectivity index (χ0n) is 16.1. The fourth-order valence-corrected chi connectivity index (χ4v) is 4.74. The van der Waals surface area contributed by atoms with E-state index in [4.69, 9.17) is 9.47 Å². The van der Waals surface area contributed by atoms with E-state index in [0.29, 0.717) is 43.1 Å². The van der Waals surface area contributed by atoms with Crippen molar-refractivity contribution >= 4 is 22.4 Å². The molecule has 2 atom stereocenters. The Morgan fingerprint density at radius 3 is 2.83 bits per heavy atom. The maximum atomic E-state index is 14.5. The highest BCUT2D eigenvalue weighted by Crippen LogP contribution is 2.40. The van der Waals surface area contributed by atoms with E-state index in [1.54, 1.807) is 5.38 Å². The van der Waals surface area contributed by atoms with Crippen LogP contribution in [0, 0.1) is 11.6 Å². The van der Waals surface area contributed by atoms with Gasteiger partial charge in [-0.1, -0.05) is 6.92 Å². The number of nitrogens with zero attached hydrogens (tertiary/aromatic N) is 2. The molecule has 2 aliphatic heterocycles. The molecule has 1 aromatic carbocycles. The number of carbonyl (C=O) groups excluding carboxylic acids is 1. The maximum Gasteiger partial charge on any atom is 0.257 e. The first-order chi connectivity index (χ1) is 14.1. The van der Waals surface area contributed by atoms with Crippen LogP contribution in [0.5, 0.6) is 5.75 Å². The van der Waals surface area contributed by atoms with Crippen molar-refractivity contribution in [3.8, 4) is 17.0 Å². The molecular weight excluding hydrogens is 400 g/mol. The lowest BCUT2D eigenvalue weighted by molar-refractivity contribution is -0.123. The number of carbonyl (C=O) groups is 1. The monoisotopic (exact) mass is 423 g/mol. The van der Waals surface area contributed by atoms with Gasteiger partial charge in [-0.05, 0) is 31.4 Å². The number of thiazole rings is 1. The molecule has 2 aromatic rings. The molecule has 4 rings (SSSR count). The number of aromatic nitrogens is 1. The van der Waals surface area contributed by atoms with Crippen molar-refractivity contribution in [2.75, 3.05) is 31.3 Å². The van der Waals surface area contributed by atoms with Crippen LogP contribution < -0.4 is 15.0 Å². The van der Waals surface area contributed by atoms with Crippen molar-refractivity contribution in [3.63, 3.8) is 0 Å². The molecule has 1 aromatic heterocycles. The number of anilines is 1. The molecule has 2 unspecified atom stereocenters. The van der Waals surface area contributed by atoms with Gasteiger partial charge in [-0.3, -0.25) is 4.79 Å². The van der Waals surface area contributed by atoms with E-state index in [1.165, 1.54) is 17.4 Å². The lowest BCUT2D eigenvalue weighted by Crippen LogP contribution is -2.45. The van der Waals surface area contributed by atoms with Crippen molar-refractivity contribution in [2.24, 2.45) is 0 Å². The second-order valence-electron chi connectivity index (χ2n) is 7.22. The highest BCUT2D eigenvalue weighted by atomic mass is 32.1. The summed E-state index contributed by atoms with van der Waals surface area (Å²) >= 11 is 1.46. The van der Waals surface area contributed by atoms with Gasteiger partial charge in [-0.2, -0.15) is 4.39 Å². The molecule has 2 aliphatic rings. The molecule has 0 spiro atoms. The molecule has 29 heavy (non-hydrogen) atoms. The van der Waals surface area contributed by atoms with Crippen LogP contribution in [0.2, 0.25) is 0 Å². The van der Waals surface area contributed by atoms with Crippen LogP contribution in [0.3, 0.4) is 0 Å². The topological polar surface area (TPSA) is 63.7 Å². The Labute approximate surface area is 171 Å². The largest absolute Gasteiger partial charge is 0.480 e. The van der Waals surface area contributed by atoms with Gasteiger partial charge in [0.05, 0.1) is 31.0 Å². The van der Waals surface area contributed by atoms with Crippen LogP contribution in [0.1, 0.15) is 26.2 Å². The molecule has 1 N–H and O–H groups in total. The predicted octanol–water partition coefficient (Wildman–Crippen LogP) is 3.36. The third-order valence-electron chi connectivity index (χ3n) is 5.20. The summed E-state index contributed by atoms with van der Waals surface area (Å²) in [7, 11) is 0. The average Bonchev–Trinajstić information content (AvgIpc) is 3.29. The third-order valence-corrected chi connectivity index (χ3v) is 6.05. The van der Waals surface area contributed by atoms with E-state index in [0.717, 1.165) is 30.5 Å². The average molecular weight is 423 g/mol. The van der Waals surface area contributed by atoms with Gasteiger partial charge >= 0.3 is 0 Å². The molecule has 3 heterocycles. The minimum absolute atomic E-state index is 0.293. The molecule has 156 valence electrons. The van der Waals surface area contributed by atoms with Crippen LogP contribution in [-0.4, -0.2) is 49.3 Å². The van der Waals surface area contributed by atoms with E-state index in [9.17, 15) is 13.6 Å². The normalized spacial score (nSPS) is 20.7. The number of amides is 1. The maximum absolute atomic E-state index is 14.5. The fraction of sp³-hybridized carbons (Fsp3) is 0.500. The van der Waals surface area contributed by atoms with E-state index >= 15 is 0 Å². The lowest BCUT2D eigenvalue weighted by atomic mass is 10.1. The first kappa shape index (κ1) is 20.0. The van der Waals surface area contributed by atoms with Gasteiger partial charge in [0.25, 0.3) is 5.91 Å². The Hall–Kier alpha value is -2.26. The number of rotatable bonds is 7. The second kappa shape index (κ2) is 8.62. The Bertz CT molecular complexity index is 876. The minimum Gasteiger partial charge on any atom is -0.480 e. The summed E-state index contributed by atoms with van der Waals surface area (Å²) < 4.78 is 39.3. The molecule has 2 fully saturated rings. The summed E-state index contributed by atoms with van der Waals surface area (Å²) in [4.78, 5) is 18.8. The van der Waals surface area contributed by atoms with Crippen LogP contribution in [-0.2, 0) is 9.53 Å². The van der Waals surface area contributed by atoms with Crippen LogP contribution in [0.25, 0.3) is 11.3 Å². The van der Waals surface area contributed by atoms with Gasteiger partial charge in [0.1, 0.15) is 0 Å². The molecule has 2 bridgehead atoms. The Morgan fingerprint density at radius 1 is 1.34 bits per heavy atom. The molecule has 2 saturated heterocycles. The summed E-state index contributed by atoms with van der Waals surface area (Å²) in [5, 5.41) is 5.29. The Balaban J connectivity index is 1.58. The summed E-state index contributed by atoms with van der Waals surface area (Å²) in [5.41, 5.74) is 0.828. The van der Waals surface area contributed by atoms with Crippen molar-refractivity contribution in [2.45, 2.75) is 38.3 Å². The predicted molar refractivity (Wildman–Crippen MR) is 106 cm³/mol. The van der Waals surface area contributed by atoms with Crippen LogP contribution in [0.4, 0.5) is 13.9 Å². The molecule has 1 amide bonds. The van der Waals surface area contributed by atoms with Gasteiger partial charge in [0.15, 0.2) is 23.3 Å². The quantitative estimate of drug-likeness (QED) is 0.740. The number of nitrogens with one attached hydrogen (secondary N) is 1. The first-order valence-electron chi connectivity index (χ1n) is 9.78. The lowest BCUT2D eigenvalue weighted by Gasteiger charge is -2.34. The van der Waals surface area contributed by atoms with Gasteiger partial charge in [-0.15, -0.1) is 11.3 Å². The zero-order chi connectivity index (χ0) is 20.4. The van der Waals surface area contributed by atoms with Crippen molar-refractivity contribution in [3.05, 3.63) is 29.1 Å². The number of fused-ring (bicyclic) bond motifs is 2. The smallest absolute Gasteiger partial charge is 0.257 e. The standard InChI is InChI=1S/C20H23F2N3O3S/c1-2-7-23-17(26)10-28-19-14(5-6-15(21)18(19)22)16-11-29-20(24-16)25-12-3-4-13(25)9-27-8-12/h5-6,11-13H,2-4,7-10H2,1H3,(H,23,26). The third kappa shape index (κ3) is 4.06. The van der Waals surface area contributed by atoms with Gasteiger partial charge in [0, 0.05) is 17.5 Å². The van der Waals surface area contributed by atoms with Gasteiger partial charge in [0.2, 0.25) is 5.82 Å². The fourth-order valence-electron chi connectivity index (χ4n) is 3.78. The van der Waals surface area contributed by atoms with Crippen molar-refractivity contribution in [1.29, 1.82) is 0 Å². The van der Waals surface area contributed by atoms with E-state index < -0.39 is 18.2 Å². The summed E-state index contributed by atoms with van der Waals surface area (Å²) in [5.74, 6) is -2.82. The number of hydrogen-bond acceptors (Lipinski definition) is 6.